The van der Waals surface area contributed by atoms with Gasteiger partial charge in [-0.05, 0) is 49.6 Å². The maximum absolute atomic E-state index is 13.2. The molecule has 0 saturated carbocycles. The number of anilines is 2. The Bertz CT molecular complexity index is 1080. The molecule has 0 radical (unpaired) electrons. The van der Waals surface area contributed by atoms with Gasteiger partial charge in [-0.1, -0.05) is 13.5 Å². The number of hydrogen-bond acceptors (Lipinski definition) is 6. The lowest BCUT2D eigenvalue weighted by Crippen LogP contribution is -2.48. The van der Waals surface area contributed by atoms with Crippen LogP contribution in [0.5, 0.6) is 0 Å². The van der Waals surface area contributed by atoms with Gasteiger partial charge < -0.3 is 15.1 Å². The fourth-order valence-electron chi connectivity index (χ4n) is 4.73. The third-order valence-electron chi connectivity index (χ3n) is 6.90. The summed E-state index contributed by atoms with van der Waals surface area (Å²) in [5.74, 6) is 1.11. The highest BCUT2D eigenvalue weighted by Crippen LogP contribution is 2.34. The number of nitrogens with one attached hydrogen (secondary N) is 1. The average Bonchev–Trinajstić information content (AvgIpc) is 2.88. The van der Waals surface area contributed by atoms with Gasteiger partial charge in [-0.2, -0.15) is 18.4 Å². The quantitative estimate of drug-likeness (QED) is 0.608. The second-order valence-corrected chi connectivity index (χ2v) is 9.44. The van der Waals surface area contributed by atoms with E-state index in [1.807, 2.05) is 24.1 Å². The number of amides is 1. The summed E-state index contributed by atoms with van der Waals surface area (Å²) < 4.78 is 39.7. The van der Waals surface area contributed by atoms with E-state index in [1.165, 1.54) is 12.1 Å². The van der Waals surface area contributed by atoms with Crippen LogP contribution in [-0.2, 0) is 11.0 Å². The molecule has 37 heavy (non-hydrogen) atoms. The zero-order valence-electron chi connectivity index (χ0n) is 20.4. The first-order valence-corrected chi connectivity index (χ1v) is 12.3. The Morgan fingerprint density at radius 1 is 1.11 bits per heavy atom. The molecule has 0 spiro atoms. The van der Waals surface area contributed by atoms with Crippen molar-refractivity contribution in [3.8, 4) is 6.07 Å². The summed E-state index contributed by atoms with van der Waals surface area (Å²) >= 11 is 0. The average molecular weight is 517 g/mol. The number of hydrogen-bond donors (Lipinski definition) is 1. The van der Waals surface area contributed by atoms with Crippen molar-refractivity contribution >= 4 is 17.4 Å². The smallest absolute Gasteiger partial charge is 0.382 e. The zero-order chi connectivity index (χ0) is 25.7. The van der Waals surface area contributed by atoms with Crippen molar-refractivity contribution in [3.05, 3.63) is 53.2 Å². The molecule has 0 aliphatic carbocycles. The molecule has 200 valence electrons. The van der Waals surface area contributed by atoms with Crippen LogP contribution in [0.15, 0.2) is 36.5 Å². The van der Waals surface area contributed by atoms with Crippen LogP contribution >= 0.6 is 0 Å². The van der Waals surface area contributed by atoms with Crippen LogP contribution in [0.1, 0.15) is 43.4 Å². The first kappa shape index (κ1) is 28.3. The number of piperidine rings is 1. The van der Waals surface area contributed by atoms with Crippen molar-refractivity contribution < 1.29 is 18.0 Å². The van der Waals surface area contributed by atoms with E-state index in [2.05, 4.69) is 26.2 Å². The fourth-order valence-corrected chi connectivity index (χ4v) is 4.73. The number of likely N-dealkylation sites (tertiary alicyclic amines) is 1. The van der Waals surface area contributed by atoms with E-state index in [1.54, 1.807) is 6.07 Å². The highest BCUT2D eigenvalue weighted by atomic mass is 19.4. The van der Waals surface area contributed by atoms with Gasteiger partial charge in [0.25, 0.3) is 0 Å². The van der Waals surface area contributed by atoms with Crippen molar-refractivity contribution in [1.29, 1.82) is 5.26 Å². The molecule has 10 heteroatoms. The summed E-state index contributed by atoms with van der Waals surface area (Å²) in [7, 11) is 0. The van der Waals surface area contributed by atoms with E-state index in [0.717, 1.165) is 50.2 Å². The van der Waals surface area contributed by atoms with Crippen LogP contribution < -0.4 is 10.2 Å². The maximum Gasteiger partial charge on any atom is 0.417 e. The van der Waals surface area contributed by atoms with Crippen LogP contribution in [0, 0.1) is 18.3 Å². The molecule has 2 aromatic rings. The van der Waals surface area contributed by atoms with E-state index in [9.17, 15) is 18.0 Å². The number of rotatable bonds is 6. The standard InChI is InChI=1S/C26H31F3N6O.CH4/c1-19-2-5-24(31-18-19)34-14-12-33(13-15-34)9-8-25(36)35-10-6-21(7-11-35)32-22-4-3-20(17-30)23(16-22)26(27,28)29;/h2-5,16,18,21,32H,6-15H2,1H3;1H4. The summed E-state index contributed by atoms with van der Waals surface area (Å²) in [6.45, 7) is 7.43. The molecule has 0 bridgehead atoms. The number of benzene rings is 1. The molecule has 3 heterocycles. The van der Waals surface area contributed by atoms with E-state index < -0.39 is 11.7 Å². The zero-order valence-corrected chi connectivity index (χ0v) is 20.4. The van der Waals surface area contributed by atoms with Crippen molar-refractivity contribution in [2.75, 3.05) is 56.0 Å². The van der Waals surface area contributed by atoms with Crippen molar-refractivity contribution in [1.82, 2.24) is 14.8 Å². The van der Waals surface area contributed by atoms with Gasteiger partial charge in [0.2, 0.25) is 5.91 Å². The molecule has 2 aliphatic heterocycles. The fraction of sp³-hybridized carbons (Fsp3) is 0.519. The highest BCUT2D eigenvalue weighted by Gasteiger charge is 2.34. The Hall–Kier alpha value is -3.32. The molecule has 0 atom stereocenters. The molecule has 1 N–H and O–H groups in total. The second kappa shape index (κ2) is 12.3. The van der Waals surface area contributed by atoms with E-state index in [4.69, 9.17) is 5.26 Å². The summed E-state index contributed by atoms with van der Waals surface area (Å²) in [6, 6.07) is 9.37. The highest BCUT2D eigenvalue weighted by molar-refractivity contribution is 5.76. The lowest BCUT2D eigenvalue weighted by atomic mass is 10.0. The molecule has 2 fully saturated rings. The number of carbonyl (C=O) groups excluding carboxylic acids is 1. The molecule has 2 aliphatic rings. The number of aromatic nitrogens is 1. The number of nitriles is 1. The third-order valence-corrected chi connectivity index (χ3v) is 6.90. The van der Waals surface area contributed by atoms with E-state index >= 15 is 0 Å². The SMILES string of the molecule is C.Cc1ccc(N2CCN(CCC(=O)N3CCC(Nc4ccc(C#N)c(C(F)(F)F)c4)CC3)CC2)nc1. The van der Waals surface area contributed by atoms with Crippen molar-refractivity contribution in [2.24, 2.45) is 0 Å². The second-order valence-electron chi connectivity index (χ2n) is 9.44. The number of nitrogens with zero attached hydrogens (tertiary/aromatic N) is 5. The molecule has 7 nitrogen and oxygen atoms in total. The minimum atomic E-state index is -4.58. The van der Waals surface area contributed by atoms with Gasteiger partial charge in [-0.3, -0.25) is 9.69 Å². The topological polar surface area (TPSA) is 75.5 Å². The van der Waals surface area contributed by atoms with Gasteiger partial charge in [0.05, 0.1) is 17.2 Å². The van der Waals surface area contributed by atoms with Gasteiger partial charge in [0.15, 0.2) is 0 Å². The molecular formula is C27H35F3N6O. The summed E-state index contributed by atoms with van der Waals surface area (Å²) in [5.41, 5.74) is 0.159. The largest absolute Gasteiger partial charge is 0.417 e. The van der Waals surface area contributed by atoms with Crippen LogP contribution in [0.25, 0.3) is 0 Å². The number of halogens is 3. The van der Waals surface area contributed by atoms with Gasteiger partial charge >= 0.3 is 6.18 Å². The maximum atomic E-state index is 13.2. The van der Waals surface area contributed by atoms with Crippen LogP contribution in [-0.4, -0.2) is 72.5 Å². The van der Waals surface area contributed by atoms with Crippen LogP contribution in [0.3, 0.4) is 0 Å². The van der Waals surface area contributed by atoms with Gasteiger partial charge in [-0.15, -0.1) is 0 Å². The number of piperazine rings is 1. The molecular weight excluding hydrogens is 481 g/mol. The monoisotopic (exact) mass is 516 g/mol. The first-order valence-electron chi connectivity index (χ1n) is 12.3. The normalized spacial score (nSPS) is 17.2. The van der Waals surface area contributed by atoms with E-state index in [0.29, 0.717) is 38.0 Å². The summed E-state index contributed by atoms with van der Waals surface area (Å²) in [6.07, 6.45) is -0.915. The third kappa shape index (κ3) is 7.35. The molecule has 1 aromatic carbocycles. The van der Waals surface area contributed by atoms with Crippen LogP contribution in [0.4, 0.5) is 24.7 Å². The predicted molar refractivity (Wildman–Crippen MR) is 138 cm³/mol. The van der Waals surface area contributed by atoms with Crippen molar-refractivity contribution in [2.45, 2.75) is 45.8 Å². The van der Waals surface area contributed by atoms with Crippen LogP contribution in [0.2, 0.25) is 0 Å². The number of aryl methyl sites for hydroxylation is 1. The molecule has 0 unspecified atom stereocenters. The Morgan fingerprint density at radius 2 is 1.81 bits per heavy atom. The number of alkyl halides is 3. The molecule has 2 saturated heterocycles. The van der Waals surface area contributed by atoms with Gasteiger partial charge in [0, 0.05) is 70.2 Å². The minimum absolute atomic E-state index is 0. The predicted octanol–water partition coefficient (Wildman–Crippen LogP) is 4.53. The van der Waals surface area contributed by atoms with E-state index in [-0.39, 0.29) is 24.9 Å². The minimum Gasteiger partial charge on any atom is -0.382 e. The Morgan fingerprint density at radius 3 is 2.41 bits per heavy atom. The Balaban J connectivity index is 0.00000380. The summed E-state index contributed by atoms with van der Waals surface area (Å²) in [5, 5.41) is 12.1. The molecule has 1 aromatic heterocycles. The van der Waals surface area contributed by atoms with Gasteiger partial charge in [-0.25, -0.2) is 4.98 Å². The lowest BCUT2D eigenvalue weighted by Gasteiger charge is -2.36. The molecule has 4 rings (SSSR count). The van der Waals surface area contributed by atoms with Crippen molar-refractivity contribution in [3.63, 3.8) is 0 Å². The number of carbonyl (C=O) groups is 1. The Kier molecular flexibility index (Phi) is 9.38. The Labute approximate surface area is 216 Å². The summed E-state index contributed by atoms with van der Waals surface area (Å²) in [4.78, 5) is 23.7. The lowest BCUT2D eigenvalue weighted by molar-refractivity contribution is -0.137. The molecule has 1 amide bonds. The first-order chi connectivity index (χ1) is 17.2. The van der Waals surface area contributed by atoms with Gasteiger partial charge in [0.1, 0.15) is 5.82 Å². The number of pyridine rings is 1.